The van der Waals surface area contributed by atoms with Crippen molar-refractivity contribution in [2.45, 2.75) is 73.2 Å². The number of aliphatic hydroxyl groups excluding tert-OH is 12. The smallest absolute Gasteiger partial charge is 0.431 e. The maximum absolute atomic E-state index is 11.4. The summed E-state index contributed by atoms with van der Waals surface area (Å²) < 4.78 is 111. The van der Waals surface area contributed by atoms with Crippen molar-refractivity contribution in [3.63, 3.8) is 0 Å². The van der Waals surface area contributed by atoms with E-state index < -0.39 is 175 Å². The molecule has 12 atom stereocenters. The molecule has 0 saturated carbocycles. The molecule has 0 aliphatic carbocycles. The maximum atomic E-state index is 11.4. The predicted molar refractivity (Wildman–Crippen MR) is 283 cm³/mol. The van der Waals surface area contributed by atoms with E-state index in [1.165, 1.54) is 0 Å². The number of hydrogen-bond donors (Lipinski definition) is 12. The van der Waals surface area contributed by atoms with Crippen LogP contribution in [0.4, 0.5) is 43.2 Å². The fourth-order valence-electron chi connectivity index (χ4n) is 5.40. The van der Waals surface area contributed by atoms with E-state index in [0.29, 0.717) is 0 Å². The van der Waals surface area contributed by atoms with E-state index in [4.69, 9.17) is 83.6 Å². The lowest BCUT2D eigenvalue weighted by molar-refractivity contribution is -0.191. The molecule has 96 heavy (non-hydrogen) atoms. The van der Waals surface area contributed by atoms with E-state index in [9.17, 15) is 63.6 Å². The number of carbonyl (C=O) groups is 9. The largest absolute Gasteiger partial charge is 0.508 e. The first-order valence-electron chi connectivity index (χ1n) is 27.5. The SMILES string of the molecule is O=C(OCC(O)CO)OCC(O)COC(=O)OCC(O)COC(=O)OCC1COC(=O)O1.O=C1OCC(CO)O1.O=C1OCC(CO)O1.O=C1OCC(CO)O1.O=C1OCC(CO)O1.O=C1OCC(COCOCC(O)COCOCC(O)COCOCC(O)CO)O1.O=C=O. The molecule has 0 radical (unpaired) electrons. The Morgan fingerprint density at radius 3 is 0.771 bits per heavy atom. The Kier molecular flexibility index (Phi) is 51.6. The van der Waals surface area contributed by atoms with Crippen LogP contribution in [0.2, 0.25) is 0 Å². The highest BCUT2D eigenvalue weighted by Crippen LogP contribution is 2.10. The van der Waals surface area contributed by atoms with Crippen LogP contribution in [0.3, 0.4) is 0 Å². The van der Waals surface area contributed by atoms with E-state index in [1.807, 2.05) is 0 Å². The summed E-state index contributed by atoms with van der Waals surface area (Å²) in [6, 6.07) is 0. The van der Waals surface area contributed by atoms with Gasteiger partial charge in [0.05, 0.1) is 79.3 Å². The Balaban J connectivity index is 0.00000125. The topological polar surface area (TPSA) is 652 Å². The van der Waals surface area contributed by atoms with Gasteiger partial charge in [0, 0.05) is 0 Å². The van der Waals surface area contributed by atoms with Crippen molar-refractivity contribution >= 4 is 61.5 Å². The first-order valence-corrected chi connectivity index (χ1v) is 27.5. The van der Waals surface area contributed by atoms with Gasteiger partial charge >= 0.3 is 61.5 Å². The number of cyclic esters (lactones) is 12. The van der Waals surface area contributed by atoms with Crippen LogP contribution >= 0.6 is 0 Å². The average molecular weight is 1420 g/mol. The van der Waals surface area contributed by atoms with Gasteiger partial charge in [-0.3, -0.25) is 0 Å². The van der Waals surface area contributed by atoms with Crippen molar-refractivity contribution in [1.29, 1.82) is 0 Å². The molecule has 12 N–H and O–H groups in total. The van der Waals surface area contributed by atoms with Crippen molar-refractivity contribution in [2.24, 2.45) is 0 Å². The van der Waals surface area contributed by atoms with Gasteiger partial charge in [-0.05, 0) is 0 Å². The lowest BCUT2D eigenvalue weighted by atomic mass is 10.4. The second-order valence-electron chi connectivity index (χ2n) is 18.1. The van der Waals surface area contributed by atoms with Crippen LogP contribution < -0.4 is 0 Å². The maximum Gasteiger partial charge on any atom is 0.508 e. The van der Waals surface area contributed by atoms with Gasteiger partial charge in [0.25, 0.3) is 0 Å². The summed E-state index contributed by atoms with van der Waals surface area (Å²) in [6.45, 7) is -4.62. The fourth-order valence-corrected chi connectivity index (χ4v) is 5.40. The van der Waals surface area contributed by atoms with E-state index in [-0.39, 0.29) is 139 Å². The molecule has 6 heterocycles. The van der Waals surface area contributed by atoms with Crippen LogP contribution in [0.15, 0.2) is 0 Å². The summed E-state index contributed by atoms with van der Waals surface area (Å²) in [7, 11) is 0. The summed E-state index contributed by atoms with van der Waals surface area (Å²) >= 11 is 0. The Hall–Kier alpha value is -7.91. The van der Waals surface area contributed by atoms with Gasteiger partial charge in [0.1, 0.15) is 136 Å². The summed E-state index contributed by atoms with van der Waals surface area (Å²) in [4.78, 5) is 112. The standard InChI is InChI=1S/C16H24O16.C16H30O13.4C4H6O4.CO2/c17-1-9(18)2-25-13(21)26-3-10(19)4-27-14(22)28-5-11(20)6-29-15(23)30-7-12-8-31-16(24)32-12;17-1-12(18)2-22-9-23-3-13(19)4-24-10-25-5-14(20)6-26-11-27-7-15-8-28-16(21)29-15;4*5-1-3-2-7-4(6)8-3;2-1-3/h9-12,17-20H,1-8H2;12-15,17-20H,1-11H2;4*3,5H,1-2H2;. The molecule has 0 aromatic carbocycles. The molecule has 6 aliphatic rings. The number of rotatable bonds is 36. The van der Waals surface area contributed by atoms with E-state index >= 15 is 0 Å². The molecule has 0 spiro atoms. The molecule has 0 aromatic rings. The van der Waals surface area contributed by atoms with Gasteiger partial charge in [-0.2, -0.15) is 9.59 Å². The zero-order valence-electron chi connectivity index (χ0n) is 50.7. The minimum absolute atomic E-state index is 0.0254. The molecule has 6 saturated heterocycles. The third-order valence-corrected chi connectivity index (χ3v) is 9.85. The van der Waals surface area contributed by atoms with Crippen LogP contribution in [-0.2, 0) is 123 Å². The zero-order valence-corrected chi connectivity index (χ0v) is 50.7. The third-order valence-electron chi connectivity index (χ3n) is 9.85. The summed E-state index contributed by atoms with van der Waals surface area (Å²) in [6.07, 6.45) is -17.6. The molecule has 556 valence electrons. The van der Waals surface area contributed by atoms with Gasteiger partial charge < -0.3 is 175 Å². The van der Waals surface area contributed by atoms with Crippen LogP contribution in [0.1, 0.15) is 0 Å². The van der Waals surface area contributed by atoms with Crippen molar-refractivity contribution in [1.82, 2.24) is 0 Å². The van der Waals surface area contributed by atoms with Crippen molar-refractivity contribution in [3.8, 4) is 0 Å². The summed E-state index contributed by atoms with van der Waals surface area (Å²) in [5, 5.41) is 107. The number of carbonyl (C=O) groups excluding carboxylic acids is 11. The average Bonchev–Trinajstić information content (AvgIpc) is 4.68. The molecule has 47 nitrogen and oxygen atoms in total. The second kappa shape index (κ2) is 56.3. The van der Waals surface area contributed by atoms with Crippen LogP contribution in [-0.4, -0.2) is 375 Å². The lowest BCUT2D eigenvalue weighted by Crippen LogP contribution is -2.29. The van der Waals surface area contributed by atoms with Crippen molar-refractivity contribution in [2.75, 3.05) is 179 Å². The van der Waals surface area contributed by atoms with E-state index in [2.05, 4.69) is 80.5 Å². The molecule has 6 rings (SSSR count). The Labute approximate surface area is 540 Å². The van der Waals surface area contributed by atoms with Gasteiger partial charge in [0.2, 0.25) is 0 Å². The molecule has 47 heteroatoms. The third kappa shape index (κ3) is 49.6. The normalized spacial score (nSPS) is 21.0. The minimum atomic E-state index is -1.43. The Morgan fingerprint density at radius 1 is 0.323 bits per heavy atom. The molecule has 6 aliphatic heterocycles. The molecule has 6 fully saturated rings. The number of ether oxygens (including phenoxy) is 24. The van der Waals surface area contributed by atoms with Crippen molar-refractivity contribution < 1.29 is 228 Å². The molecular weight excluding hydrogens is 1340 g/mol. The first kappa shape index (κ1) is 88.1. The molecule has 12 unspecified atom stereocenters. The Bertz CT molecular complexity index is 2060. The molecule has 0 aromatic heterocycles. The van der Waals surface area contributed by atoms with E-state index in [1.54, 1.807) is 0 Å². The van der Waals surface area contributed by atoms with Crippen molar-refractivity contribution in [3.05, 3.63) is 0 Å². The highest BCUT2D eigenvalue weighted by atomic mass is 16.8. The number of hydrogen-bond acceptors (Lipinski definition) is 47. The fraction of sp³-hybridized carbons (Fsp3) is 0.796. The predicted octanol–water partition coefficient (Wildman–Crippen LogP) is -6.90. The highest BCUT2D eigenvalue weighted by Gasteiger charge is 2.29. The minimum Gasteiger partial charge on any atom is -0.431 e. The summed E-state index contributed by atoms with van der Waals surface area (Å²) in [5.41, 5.74) is 0. The molecule has 0 bridgehead atoms. The van der Waals surface area contributed by atoms with Gasteiger partial charge in [-0.1, -0.05) is 0 Å². The molecule has 0 amide bonds. The lowest BCUT2D eigenvalue weighted by Gasteiger charge is -2.14. The van der Waals surface area contributed by atoms with Gasteiger partial charge in [-0.25, -0.2) is 43.2 Å². The summed E-state index contributed by atoms with van der Waals surface area (Å²) in [5.74, 6) is 0. The first-order chi connectivity index (χ1) is 45.9. The van der Waals surface area contributed by atoms with Crippen LogP contribution in [0, 0.1) is 0 Å². The van der Waals surface area contributed by atoms with Crippen LogP contribution in [0.25, 0.3) is 0 Å². The van der Waals surface area contributed by atoms with Gasteiger partial charge in [-0.15, -0.1) is 0 Å². The van der Waals surface area contributed by atoms with Crippen LogP contribution in [0.5, 0.6) is 0 Å². The monoisotopic (exact) mass is 1420 g/mol. The Morgan fingerprint density at radius 2 is 0.531 bits per heavy atom. The quantitative estimate of drug-likeness (QED) is 0.0120. The second-order valence-corrected chi connectivity index (χ2v) is 18.1. The van der Waals surface area contributed by atoms with Gasteiger partial charge in [0.15, 0.2) is 36.6 Å². The highest BCUT2D eigenvalue weighted by molar-refractivity contribution is 5.64. The van der Waals surface area contributed by atoms with E-state index in [0.717, 1.165) is 0 Å². The molecular formula is C49H78O47. The zero-order chi connectivity index (χ0) is 71.9. The number of aliphatic hydroxyl groups is 12.